The first kappa shape index (κ1) is 14.7. The summed E-state index contributed by atoms with van der Waals surface area (Å²) in [7, 11) is 0. The molecule has 2 N–H and O–H groups in total. The highest BCUT2D eigenvalue weighted by Crippen LogP contribution is 2.24. The first-order valence-electron chi connectivity index (χ1n) is 6.46. The zero-order valence-corrected chi connectivity index (χ0v) is 14.1. The molecule has 0 saturated carbocycles. The number of aromatic nitrogens is 2. The molecule has 21 heavy (non-hydrogen) atoms. The summed E-state index contributed by atoms with van der Waals surface area (Å²) in [4.78, 5) is 12.2. The van der Waals surface area contributed by atoms with Crippen molar-refractivity contribution in [1.29, 1.82) is 0 Å². The van der Waals surface area contributed by atoms with Crippen LogP contribution in [0.1, 0.15) is 35.1 Å². The predicted molar refractivity (Wildman–Crippen MR) is 84.1 cm³/mol. The quantitative estimate of drug-likeness (QED) is 0.803. The molecule has 0 radical (unpaired) electrons. The Kier molecular flexibility index (Phi) is 4.37. The fourth-order valence-electron chi connectivity index (χ4n) is 2.18. The number of carbonyl (C=O) groups excluding carboxylic acids is 1. The minimum absolute atomic E-state index is 0.0863. The van der Waals surface area contributed by atoms with Crippen LogP contribution in [0.25, 0.3) is 0 Å². The van der Waals surface area contributed by atoms with Crippen LogP contribution in [0.5, 0.6) is 0 Å². The van der Waals surface area contributed by atoms with Crippen LogP contribution in [0, 0.1) is 0 Å². The second-order valence-corrected chi connectivity index (χ2v) is 6.54. The molecule has 3 rings (SSSR count). The normalized spacial score (nSPS) is 17.9. The highest BCUT2D eigenvalue weighted by atomic mass is 79.9. The number of hydrogen-bond donors (Lipinski definition) is 2. The summed E-state index contributed by atoms with van der Waals surface area (Å²) in [5.41, 5.74) is 0.495. The highest BCUT2D eigenvalue weighted by Gasteiger charge is 2.22. The Labute approximate surface area is 138 Å². The first-order chi connectivity index (χ1) is 10.1. The van der Waals surface area contributed by atoms with Gasteiger partial charge in [0.15, 0.2) is 0 Å². The molecule has 0 spiro atoms. The van der Waals surface area contributed by atoms with Crippen LogP contribution in [-0.2, 0) is 0 Å². The molecular formula is C13H12Br2N4O2. The van der Waals surface area contributed by atoms with Gasteiger partial charge in [0.1, 0.15) is 0 Å². The van der Waals surface area contributed by atoms with Gasteiger partial charge < -0.3 is 9.73 Å². The van der Waals surface area contributed by atoms with Crippen molar-refractivity contribution in [2.45, 2.75) is 18.9 Å². The Hall–Kier alpha value is -1.25. The lowest BCUT2D eigenvalue weighted by Gasteiger charge is -2.04. The van der Waals surface area contributed by atoms with Crippen LogP contribution in [0.15, 0.2) is 31.6 Å². The van der Waals surface area contributed by atoms with Gasteiger partial charge >= 0.3 is 6.01 Å². The molecule has 1 aromatic heterocycles. The maximum atomic E-state index is 12.2. The van der Waals surface area contributed by atoms with Crippen LogP contribution in [0.4, 0.5) is 6.01 Å². The van der Waals surface area contributed by atoms with E-state index in [9.17, 15) is 4.79 Å². The number of nitrogens with zero attached hydrogens (tertiary/aromatic N) is 2. The van der Waals surface area contributed by atoms with E-state index in [4.69, 9.17) is 4.42 Å². The van der Waals surface area contributed by atoms with Crippen molar-refractivity contribution in [1.82, 2.24) is 15.5 Å². The maximum absolute atomic E-state index is 12.2. The van der Waals surface area contributed by atoms with Gasteiger partial charge in [-0.15, -0.1) is 5.10 Å². The van der Waals surface area contributed by atoms with Gasteiger partial charge in [0, 0.05) is 14.5 Å². The van der Waals surface area contributed by atoms with Gasteiger partial charge in [-0.05, 0) is 37.6 Å². The molecule has 1 aromatic carbocycles. The molecule has 6 nitrogen and oxygen atoms in total. The summed E-state index contributed by atoms with van der Waals surface area (Å²) in [6.07, 6.45) is 2.05. The van der Waals surface area contributed by atoms with Crippen LogP contribution < -0.4 is 10.6 Å². The largest absolute Gasteiger partial charge is 0.406 e. The zero-order valence-electron chi connectivity index (χ0n) is 10.9. The Morgan fingerprint density at radius 3 is 2.71 bits per heavy atom. The molecule has 2 heterocycles. The van der Waals surface area contributed by atoms with Crippen molar-refractivity contribution in [2.24, 2.45) is 0 Å². The van der Waals surface area contributed by atoms with E-state index < -0.39 is 0 Å². The molecule has 0 aliphatic carbocycles. The Balaban J connectivity index is 1.72. The third-order valence-corrected chi connectivity index (χ3v) is 4.06. The minimum atomic E-state index is -0.299. The van der Waals surface area contributed by atoms with E-state index in [0.29, 0.717) is 11.5 Å². The molecule has 1 atom stereocenters. The lowest BCUT2D eigenvalue weighted by Crippen LogP contribution is -2.13. The van der Waals surface area contributed by atoms with Crippen molar-refractivity contribution < 1.29 is 9.21 Å². The molecule has 1 unspecified atom stereocenters. The summed E-state index contributed by atoms with van der Waals surface area (Å²) in [5, 5.41) is 13.7. The number of halogens is 2. The van der Waals surface area contributed by atoms with E-state index in [2.05, 4.69) is 52.7 Å². The predicted octanol–water partition coefficient (Wildman–Crippen LogP) is 3.27. The van der Waals surface area contributed by atoms with Crippen LogP contribution in [0.2, 0.25) is 0 Å². The summed E-state index contributed by atoms with van der Waals surface area (Å²) in [6.45, 7) is 0.945. The molecule has 1 saturated heterocycles. The number of benzene rings is 1. The van der Waals surface area contributed by atoms with E-state index in [1.54, 1.807) is 12.1 Å². The van der Waals surface area contributed by atoms with E-state index in [1.165, 1.54) is 0 Å². The molecule has 1 aliphatic heterocycles. The van der Waals surface area contributed by atoms with E-state index >= 15 is 0 Å². The Morgan fingerprint density at radius 2 is 2.05 bits per heavy atom. The molecule has 8 heteroatoms. The van der Waals surface area contributed by atoms with E-state index in [-0.39, 0.29) is 18.0 Å². The van der Waals surface area contributed by atoms with Crippen molar-refractivity contribution in [3.8, 4) is 0 Å². The number of hydrogen-bond acceptors (Lipinski definition) is 5. The topological polar surface area (TPSA) is 80.0 Å². The average Bonchev–Trinajstić information content (AvgIpc) is 3.07. The summed E-state index contributed by atoms with van der Waals surface area (Å²) >= 11 is 6.69. The third kappa shape index (κ3) is 3.50. The van der Waals surface area contributed by atoms with Crippen molar-refractivity contribution in [3.63, 3.8) is 0 Å². The number of rotatable bonds is 3. The summed E-state index contributed by atoms with van der Waals surface area (Å²) in [6, 6.07) is 5.49. The smallest absolute Gasteiger partial charge is 0.322 e. The standard InChI is InChI=1S/C13H12Br2N4O2/c14-8-4-7(5-9(15)6-8)11(20)17-13-19-18-12(21-13)10-2-1-3-16-10/h4-6,10,16H,1-3H2,(H,17,19,20). The van der Waals surface area contributed by atoms with Crippen molar-refractivity contribution in [2.75, 3.05) is 11.9 Å². The summed E-state index contributed by atoms with van der Waals surface area (Å²) in [5.74, 6) is 0.213. The number of carbonyl (C=O) groups is 1. The molecule has 110 valence electrons. The second kappa shape index (κ2) is 6.25. The first-order valence-corrected chi connectivity index (χ1v) is 8.04. The van der Waals surface area contributed by atoms with Gasteiger partial charge in [-0.25, -0.2) is 0 Å². The summed E-state index contributed by atoms with van der Waals surface area (Å²) < 4.78 is 7.10. The minimum Gasteiger partial charge on any atom is -0.406 e. The fraction of sp³-hybridized carbons (Fsp3) is 0.308. The van der Waals surface area contributed by atoms with Gasteiger partial charge in [0.05, 0.1) is 6.04 Å². The second-order valence-electron chi connectivity index (χ2n) is 4.71. The average molecular weight is 416 g/mol. The molecule has 2 aromatic rings. The van der Waals surface area contributed by atoms with Crippen LogP contribution in [0.3, 0.4) is 0 Å². The van der Waals surface area contributed by atoms with Gasteiger partial charge in [0.2, 0.25) is 5.89 Å². The maximum Gasteiger partial charge on any atom is 0.322 e. The Morgan fingerprint density at radius 1 is 1.29 bits per heavy atom. The monoisotopic (exact) mass is 414 g/mol. The molecule has 1 amide bonds. The van der Waals surface area contributed by atoms with Crippen molar-refractivity contribution in [3.05, 3.63) is 38.6 Å². The van der Waals surface area contributed by atoms with E-state index in [1.807, 2.05) is 6.07 Å². The number of amides is 1. The van der Waals surface area contributed by atoms with Crippen LogP contribution >= 0.6 is 31.9 Å². The zero-order chi connectivity index (χ0) is 14.8. The van der Waals surface area contributed by atoms with Crippen molar-refractivity contribution >= 4 is 43.8 Å². The van der Waals surface area contributed by atoms with Gasteiger partial charge in [-0.3, -0.25) is 10.1 Å². The van der Waals surface area contributed by atoms with Gasteiger partial charge in [0.25, 0.3) is 5.91 Å². The molecular weight excluding hydrogens is 404 g/mol. The van der Waals surface area contributed by atoms with Gasteiger partial charge in [-0.2, -0.15) is 0 Å². The third-order valence-electron chi connectivity index (χ3n) is 3.14. The number of anilines is 1. The molecule has 1 aliphatic rings. The van der Waals surface area contributed by atoms with Crippen LogP contribution in [-0.4, -0.2) is 22.6 Å². The lowest BCUT2D eigenvalue weighted by molar-refractivity contribution is 0.102. The molecule has 0 bridgehead atoms. The van der Waals surface area contributed by atoms with Gasteiger partial charge in [-0.1, -0.05) is 37.0 Å². The van der Waals surface area contributed by atoms with E-state index in [0.717, 1.165) is 28.3 Å². The lowest BCUT2D eigenvalue weighted by atomic mass is 10.2. The number of nitrogens with one attached hydrogen (secondary N) is 2. The Bertz CT molecular complexity index is 648. The SMILES string of the molecule is O=C(Nc1nnc(C2CCCN2)o1)c1cc(Br)cc(Br)c1. The highest BCUT2D eigenvalue weighted by molar-refractivity contribution is 9.11. The molecule has 1 fully saturated rings. The fourth-order valence-corrected chi connectivity index (χ4v) is 3.47.